The lowest BCUT2D eigenvalue weighted by atomic mass is 10.2. The van der Waals surface area contributed by atoms with Gasteiger partial charge in [-0.3, -0.25) is 9.48 Å². The zero-order valence-corrected chi connectivity index (χ0v) is 12.0. The Hall–Kier alpha value is -1.90. The van der Waals surface area contributed by atoms with E-state index in [4.69, 9.17) is 5.11 Å². The highest BCUT2D eigenvalue weighted by molar-refractivity contribution is 7.90. The third kappa shape index (κ3) is 5.00. The maximum Gasteiger partial charge on any atom is 0.326 e. The van der Waals surface area contributed by atoms with Crippen molar-refractivity contribution in [2.45, 2.75) is 25.4 Å². The van der Waals surface area contributed by atoms with Crippen molar-refractivity contribution in [2.24, 2.45) is 0 Å². The number of aliphatic carboxylic acids is 1. The summed E-state index contributed by atoms with van der Waals surface area (Å²) in [5, 5.41) is 15.2. The first-order valence-electron chi connectivity index (χ1n) is 5.90. The van der Waals surface area contributed by atoms with Gasteiger partial charge in [0, 0.05) is 18.6 Å². The second kappa shape index (κ2) is 6.51. The van der Waals surface area contributed by atoms with Gasteiger partial charge in [0.05, 0.1) is 5.75 Å². The first-order chi connectivity index (χ1) is 9.20. The van der Waals surface area contributed by atoms with E-state index in [9.17, 15) is 18.0 Å². The van der Waals surface area contributed by atoms with Gasteiger partial charge in [0.25, 0.3) is 0 Å². The molecule has 8 nitrogen and oxygen atoms in total. The number of aromatic nitrogens is 2. The maximum absolute atomic E-state index is 11.9. The summed E-state index contributed by atoms with van der Waals surface area (Å²) in [6.45, 7) is 1.57. The Bertz CT molecular complexity index is 567. The number of amides is 1. The fourth-order valence-electron chi connectivity index (χ4n) is 1.51. The van der Waals surface area contributed by atoms with Crippen LogP contribution >= 0.6 is 0 Å². The number of carbonyl (C=O) groups excluding carboxylic acids is 1. The summed E-state index contributed by atoms with van der Waals surface area (Å²) in [5.74, 6) is -2.11. The standard InChI is InChI=1S/C11H17N3O5S/c1-8(14-6-3-5-12-14)10(15)13-9(11(16)17)4-7-20(2,18)19/h3,5-6,8-9H,4,7H2,1-2H3,(H,13,15)(H,16,17). The molecule has 0 aliphatic carbocycles. The Labute approximate surface area is 116 Å². The van der Waals surface area contributed by atoms with Gasteiger partial charge in [-0.15, -0.1) is 0 Å². The Kier molecular flexibility index (Phi) is 5.26. The van der Waals surface area contributed by atoms with Crippen molar-refractivity contribution in [3.63, 3.8) is 0 Å². The van der Waals surface area contributed by atoms with Crippen LogP contribution in [0.4, 0.5) is 0 Å². The van der Waals surface area contributed by atoms with Gasteiger partial charge >= 0.3 is 5.97 Å². The quantitative estimate of drug-likeness (QED) is 0.697. The van der Waals surface area contributed by atoms with Crippen molar-refractivity contribution < 1.29 is 23.1 Å². The van der Waals surface area contributed by atoms with Gasteiger partial charge in [-0.1, -0.05) is 0 Å². The summed E-state index contributed by atoms with van der Waals surface area (Å²) in [6, 6.07) is -0.275. The minimum atomic E-state index is -3.28. The molecule has 1 heterocycles. The van der Waals surface area contributed by atoms with Crippen molar-refractivity contribution >= 4 is 21.7 Å². The average molecular weight is 303 g/mol. The lowest BCUT2D eigenvalue weighted by molar-refractivity contribution is -0.142. The molecular formula is C11H17N3O5S. The Morgan fingerprint density at radius 1 is 1.45 bits per heavy atom. The van der Waals surface area contributed by atoms with Gasteiger partial charge in [-0.05, 0) is 19.4 Å². The van der Waals surface area contributed by atoms with E-state index in [1.165, 1.54) is 10.9 Å². The number of carbonyl (C=O) groups is 2. The van der Waals surface area contributed by atoms with Gasteiger partial charge < -0.3 is 10.4 Å². The second-order valence-electron chi connectivity index (χ2n) is 4.48. The Morgan fingerprint density at radius 3 is 2.55 bits per heavy atom. The highest BCUT2D eigenvalue weighted by atomic mass is 32.2. The van der Waals surface area contributed by atoms with Crippen LogP contribution < -0.4 is 5.32 Å². The molecule has 0 aliphatic heterocycles. The molecule has 0 radical (unpaired) electrons. The average Bonchev–Trinajstić information content (AvgIpc) is 2.85. The minimum absolute atomic E-state index is 0.175. The van der Waals surface area contributed by atoms with E-state index in [-0.39, 0.29) is 12.2 Å². The van der Waals surface area contributed by atoms with Crippen LogP contribution in [0.2, 0.25) is 0 Å². The van der Waals surface area contributed by atoms with Gasteiger partial charge in [0.2, 0.25) is 5.91 Å². The number of carboxylic acids is 1. The first kappa shape index (κ1) is 16.2. The van der Waals surface area contributed by atoms with E-state index in [1.54, 1.807) is 19.2 Å². The van der Waals surface area contributed by atoms with Crippen LogP contribution in [0, 0.1) is 0 Å². The van der Waals surface area contributed by atoms with E-state index in [1.807, 2.05) is 0 Å². The third-order valence-corrected chi connectivity index (χ3v) is 3.67. The number of carboxylic acid groups (broad SMARTS) is 1. The van der Waals surface area contributed by atoms with Crippen LogP contribution in [0.3, 0.4) is 0 Å². The van der Waals surface area contributed by atoms with Crippen LogP contribution in [0.1, 0.15) is 19.4 Å². The molecule has 0 spiro atoms. The molecule has 0 saturated heterocycles. The van der Waals surface area contributed by atoms with Crippen LogP contribution in [-0.2, 0) is 19.4 Å². The number of nitrogens with zero attached hydrogens (tertiary/aromatic N) is 2. The number of sulfone groups is 1. The van der Waals surface area contributed by atoms with E-state index >= 15 is 0 Å². The molecule has 0 aromatic carbocycles. The van der Waals surface area contributed by atoms with E-state index in [0.29, 0.717) is 0 Å². The molecule has 0 aliphatic rings. The molecule has 0 saturated carbocycles. The van der Waals surface area contributed by atoms with Gasteiger partial charge in [-0.25, -0.2) is 13.2 Å². The second-order valence-corrected chi connectivity index (χ2v) is 6.74. The Balaban J connectivity index is 2.66. The van der Waals surface area contributed by atoms with Crippen molar-refractivity contribution in [3.05, 3.63) is 18.5 Å². The molecule has 1 aromatic rings. The summed E-state index contributed by atoms with van der Waals surface area (Å²) < 4.78 is 23.5. The first-order valence-corrected chi connectivity index (χ1v) is 7.97. The zero-order valence-electron chi connectivity index (χ0n) is 11.2. The predicted octanol–water partition coefficient (Wildman–Crippen LogP) is -0.552. The fraction of sp³-hybridized carbons (Fsp3) is 0.545. The van der Waals surface area contributed by atoms with Crippen molar-refractivity contribution in [1.29, 1.82) is 0 Å². The zero-order chi connectivity index (χ0) is 15.3. The smallest absolute Gasteiger partial charge is 0.326 e. The van der Waals surface area contributed by atoms with Gasteiger partial charge in [0.15, 0.2) is 0 Å². The molecule has 2 N–H and O–H groups in total. The third-order valence-electron chi connectivity index (χ3n) is 2.69. The number of hydrogen-bond acceptors (Lipinski definition) is 5. The fourth-order valence-corrected chi connectivity index (χ4v) is 2.18. The van der Waals surface area contributed by atoms with Crippen LogP contribution in [0.25, 0.3) is 0 Å². The summed E-state index contributed by atoms with van der Waals surface area (Å²) in [5.41, 5.74) is 0. The summed E-state index contributed by atoms with van der Waals surface area (Å²) in [4.78, 5) is 22.9. The van der Waals surface area contributed by atoms with Crippen LogP contribution in [0.5, 0.6) is 0 Å². The highest BCUT2D eigenvalue weighted by Crippen LogP contribution is 2.05. The minimum Gasteiger partial charge on any atom is -0.480 e. The molecular weight excluding hydrogens is 286 g/mol. The molecule has 1 amide bonds. The molecule has 9 heteroatoms. The number of rotatable bonds is 7. The van der Waals surface area contributed by atoms with Crippen molar-refractivity contribution in [2.75, 3.05) is 12.0 Å². The SMILES string of the molecule is CC(C(=O)NC(CCS(C)(=O)=O)C(=O)O)n1cccn1. The summed E-state index contributed by atoms with van der Waals surface area (Å²) >= 11 is 0. The lowest BCUT2D eigenvalue weighted by Gasteiger charge is -2.17. The van der Waals surface area contributed by atoms with Crippen LogP contribution in [-0.4, -0.2) is 53.2 Å². The molecule has 0 bridgehead atoms. The normalized spacial score (nSPS) is 14.5. The molecule has 1 aromatic heterocycles. The number of hydrogen-bond donors (Lipinski definition) is 2. The maximum atomic E-state index is 11.9. The lowest BCUT2D eigenvalue weighted by Crippen LogP contribution is -2.44. The number of nitrogens with one attached hydrogen (secondary N) is 1. The monoisotopic (exact) mass is 303 g/mol. The van der Waals surface area contributed by atoms with Crippen LogP contribution in [0.15, 0.2) is 18.5 Å². The largest absolute Gasteiger partial charge is 0.480 e. The van der Waals surface area contributed by atoms with Gasteiger partial charge in [-0.2, -0.15) is 5.10 Å². The van der Waals surface area contributed by atoms with Crippen molar-refractivity contribution in [1.82, 2.24) is 15.1 Å². The van der Waals surface area contributed by atoms with Gasteiger partial charge in [0.1, 0.15) is 21.9 Å². The molecule has 112 valence electrons. The molecule has 0 fully saturated rings. The molecule has 1 rings (SSSR count). The summed E-state index contributed by atoms with van der Waals surface area (Å²) in [7, 11) is -3.28. The summed E-state index contributed by atoms with van der Waals surface area (Å²) in [6.07, 6.45) is 3.92. The predicted molar refractivity (Wildman–Crippen MR) is 70.8 cm³/mol. The molecule has 2 atom stereocenters. The van der Waals surface area contributed by atoms with E-state index in [0.717, 1.165) is 6.26 Å². The highest BCUT2D eigenvalue weighted by Gasteiger charge is 2.24. The van der Waals surface area contributed by atoms with E-state index < -0.39 is 33.8 Å². The molecule has 20 heavy (non-hydrogen) atoms. The van der Waals surface area contributed by atoms with Crippen molar-refractivity contribution in [3.8, 4) is 0 Å². The van der Waals surface area contributed by atoms with E-state index in [2.05, 4.69) is 10.4 Å². The Morgan fingerprint density at radius 2 is 2.10 bits per heavy atom. The molecule has 2 unspecified atom stereocenters. The topological polar surface area (TPSA) is 118 Å².